The van der Waals surface area contributed by atoms with E-state index in [0.29, 0.717) is 6.54 Å². The van der Waals surface area contributed by atoms with Crippen molar-refractivity contribution in [1.82, 2.24) is 10.2 Å². The highest BCUT2D eigenvalue weighted by molar-refractivity contribution is 7.92. The summed E-state index contributed by atoms with van der Waals surface area (Å²) >= 11 is 0. The molecule has 0 radical (unpaired) electrons. The number of rotatable bonds is 13. The quantitative estimate of drug-likeness (QED) is 0.185. The maximum atomic E-state index is 13.9. The number of nitro benzene ring substituents is 1. The Labute approximate surface area is 234 Å². The van der Waals surface area contributed by atoms with E-state index in [4.69, 9.17) is 0 Å². The number of nitro groups is 1. The SMILES string of the molecule is CCCCNC(=O)[C@H](C)N(Cc1cccc(C)c1)C(=O)CN(c1ccc([N+](=O)[O-])cc1)S(=O)(=O)c1ccccc1. The van der Waals surface area contributed by atoms with Crippen LogP contribution in [0.3, 0.4) is 0 Å². The minimum absolute atomic E-state index is 0.0447. The van der Waals surface area contributed by atoms with Gasteiger partial charge in [-0.3, -0.25) is 24.0 Å². The van der Waals surface area contributed by atoms with Crippen molar-refractivity contribution in [2.75, 3.05) is 17.4 Å². The van der Waals surface area contributed by atoms with Gasteiger partial charge in [0.1, 0.15) is 12.6 Å². The summed E-state index contributed by atoms with van der Waals surface area (Å²) in [5.74, 6) is -0.945. The Hall–Kier alpha value is -4.25. The molecule has 2 amide bonds. The highest BCUT2D eigenvalue weighted by Crippen LogP contribution is 2.26. The zero-order valence-electron chi connectivity index (χ0n) is 22.8. The van der Waals surface area contributed by atoms with E-state index in [9.17, 15) is 28.1 Å². The topological polar surface area (TPSA) is 130 Å². The molecule has 40 heavy (non-hydrogen) atoms. The Kier molecular flexibility index (Phi) is 10.4. The van der Waals surface area contributed by atoms with Gasteiger partial charge in [-0.2, -0.15) is 0 Å². The Morgan fingerprint density at radius 1 is 1.00 bits per heavy atom. The summed E-state index contributed by atoms with van der Waals surface area (Å²) in [4.78, 5) is 38.8. The summed E-state index contributed by atoms with van der Waals surface area (Å²) in [7, 11) is -4.24. The molecule has 0 spiro atoms. The molecule has 0 saturated heterocycles. The third kappa shape index (κ3) is 7.66. The van der Waals surface area contributed by atoms with Crippen molar-refractivity contribution >= 4 is 33.2 Å². The number of unbranched alkanes of at least 4 members (excludes halogenated alkanes) is 1. The molecule has 0 aliphatic rings. The summed E-state index contributed by atoms with van der Waals surface area (Å²) in [5.41, 5.74) is 1.63. The summed E-state index contributed by atoms with van der Waals surface area (Å²) in [6, 6.07) is 19.2. The van der Waals surface area contributed by atoms with Gasteiger partial charge >= 0.3 is 0 Å². The zero-order valence-corrected chi connectivity index (χ0v) is 23.6. The van der Waals surface area contributed by atoms with Crippen LogP contribution in [-0.4, -0.2) is 49.2 Å². The predicted molar refractivity (Wildman–Crippen MR) is 153 cm³/mol. The first kappa shape index (κ1) is 30.3. The maximum absolute atomic E-state index is 13.9. The summed E-state index contributed by atoms with van der Waals surface area (Å²) in [6.45, 7) is 5.46. The lowest BCUT2D eigenvalue weighted by Crippen LogP contribution is -2.51. The second kappa shape index (κ2) is 13.7. The van der Waals surface area contributed by atoms with Crippen LogP contribution in [0, 0.1) is 17.0 Å². The molecule has 3 aromatic carbocycles. The van der Waals surface area contributed by atoms with Crippen LogP contribution in [0.25, 0.3) is 0 Å². The number of carbonyl (C=O) groups is 2. The number of hydrogen-bond donors (Lipinski definition) is 1. The predicted octanol–water partition coefficient (Wildman–Crippen LogP) is 4.43. The lowest BCUT2D eigenvalue weighted by Gasteiger charge is -2.32. The van der Waals surface area contributed by atoms with Gasteiger partial charge in [-0.05, 0) is 50.1 Å². The lowest BCUT2D eigenvalue weighted by molar-refractivity contribution is -0.384. The van der Waals surface area contributed by atoms with Crippen LogP contribution in [0.1, 0.15) is 37.8 Å². The van der Waals surface area contributed by atoms with Crippen LogP contribution in [0.4, 0.5) is 11.4 Å². The van der Waals surface area contributed by atoms with Crippen molar-refractivity contribution in [3.63, 3.8) is 0 Å². The van der Waals surface area contributed by atoms with Gasteiger partial charge in [0.05, 0.1) is 15.5 Å². The molecule has 10 nitrogen and oxygen atoms in total. The monoisotopic (exact) mass is 566 g/mol. The van der Waals surface area contributed by atoms with E-state index in [2.05, 4.69) is 5.32 Å². The number of sulfonamides is 1. The summed E-state index contributed by atoms with van der Waals surface area (Å²) < 4.78 is 28.4. The molecule has 0 fully saturated rings. The van der Waals surface area contributed by atoms with E-state index in [1.54, 1.807) is 25.1 Å². The van der Waals surface area contributed by atoms with Crippen LogP contribution in [-0.2, 0) is 26.2 Å². The fourth-order valence-corrected chi connectivity index (χ4v) is 5.55. The number of nitrogens with zero attached hydrogens (tertiary/aromatic N) is 3. The molecule has 3 aromatic rings. The molecular formula is C29H34N4O6S. The first-order valence-electron chi connectivity index (χ1n) is 13.0. The number of nitrogens with one attached hydrogen (secondary N) is 1. The van der Waals surface area contributed by atoms with Gasteiger partial charge in [-0.25, -0.2) is 8.42 Å². The Morgan fingerprint density at radius 3 is 2.27 bits per heavy atom. The smallest absolute Gasteiger partial charge is 0.269 e. The Balaban J connectivity index is 2.01. The van der Waals surface area contributed by atoms with Crippen molar-refractivity contribution in [2.45, 2.75) is 51.1 Å². The molecule has 0 bridgehead atoms. The van der Waals surface area contributed by atoms with E-state index >= 15 is 0 Å². The van der Waals surface area contributed by atoms with Crippen LogP contribution in [0.5, 0.6) is 0 Å². The molecular weight excluding hydrogens is 532 g/mol. The fraction of sp³-hybridized carbons (Fsp3) is 0.310. The number of aryl methyl sites for hydroxylation is 1. The lowest BCUT2D eigenvalue weighted by atomic mass is 10.1. The number of carbonyl (C=O) groups excluding carboxylic acids is 2. The van der Waals surface area contributed by atoms with Gasteiger partial charge in [0.2, 0.25) is 11.8 Å². The van der Waals surface area contributed by atoms with Crippen molar-refractivity contribution in [1.29, 1.82) is 0 Å². The molecule has 0 aliphatic heterocycles. The molecule has 11 heteroatoms. The number of amides is 2. The Bertz CT molecular complexity index is 1430. The number of hydrogen-bond acceptors (Lipinski definition) is 6. The van der Waals surface area contributed by atoms with Gasteiger partial charge in [0.15, 0.2) is 0 Å². The van der Waals surface area contributed by atoms with Crippen molar-refractivity contribution in [3.8, 4) is 0 Å². The van der Waals surface area contributed by atoms with E-state index in [-0.39, 0.29) is 28.7 Å². The van der Waals surface area contributed by atoms with Crippen LogP contribution in [0.2, 0.25) is 0 Å². The molecule has 212 valence electrons. The summed E-state index contributed by atoms with van der Waals surface area (Å²) in [5, 5.41) is 14.0. The van der Waals surface area contributed by atoms with Gasteiger partial charge in [-0.15, -0.1) is 0 Å². The molecule has 1 N–H and O–H groups in total. The average molecular weight is 567 g/mol. The van der Waals surface area contributed by atoms with Crippen LogP contribution >= 0.6 is 0 Å². The highest BCUT2D eigenvalue weighted by atomic mass is 32.2. The van der Waals surface area contributed by atoms with Gasteiger partial charge in [0.25, 0.3) is 15.7 Å². The van der Waals surface area contributed by atoms with Crippen LogP contribution < -0.4 is 9.62 Å². The zero-order chi connectivity index (χ0) is 29.3. The molecule has 0 heterocycles. The second-order valence-corrected chi connectivity index (χ2v) is 11.3. The first-order chi connectivity index (χ1) is 19.0. The average Bonchev–Trinajstić information content (AvgIpc) is 2.94. The molecule has 1 atom stereocenters. The van der Waals surface area contributed by atoms with E-state index < -0.39 is 33.4 Å². The Morgan fingerprint density at radius 2 is 1.68 bits per heavy atom. The number of benzene rings is 3. The standard InChI is InChI=1S/C29H34N4O6S/c1-4-5-18-30-29(35)23(3)31(20-24-11-9-10-22(2)19-24)28(34)21-32(25-14-16-26(17-15-25)33(36)37)40(38,39)27-12-7-6-8-13-27/h6-17,19,23H,4-5,18,20-21H2,1-3H3,(H,30,35)/t23-/m0/s1. The molecule has 3 rings (SSSR count). The van der Waals surface area contributed by atoms with E-state index in [1.165, 1.54) is 41.3 Å². The minimum Gasteiger partial charge on any atom is -0.354 e. The maximum Gasteiger partial charge on any atom is 0.269 e. The van der Waals surface area contributed by atoms with Gasteiger partial charge < -0.3 is 10.2 Å². The summed E-state index contributed by atoms with van der Waals surface area (Å²) in [6.07, 6.45) is 1.68. The van der Waals surface area contributed by atoms with Crippen LogP contribution in [0.15, 0.2) is 83.8 Å². The van der Waals surface area contributed by atoms with E-state index in [1.807, 2.05) is 38.1 Å². The van der Waals surface area contributed by atoms with Crippen molar-refractivity contribution in [2.24, 2.45) is 0 Å². The molecule has 0 unspecified atom stereocenters. The highest BCUT2D eigenvalue weighted by Gasteiger charge is 2.32. The molecule has 0 aliphatic carbocycles. The van der Waals surface area contributed by atoms with Crippen molar-refractivity contribution < 1.29 is 22.9 Å². The molecule has 0 aromatic heterocycles. The fourth-order valence-electron chi connectivity index (χ4n) is 4.11. The normalized spacial score (nSPS) is 11.9. The number of anilines is 1. The molecule has 0 saturated carbocycles. The van der Waals surface area contributed by atoms with Gasteiger partial charge in [-0.1, -0.05) is 61.4 Å². The van der Waals surface area contributed by atoms with Gasteiger partial charge in [0, 0.05) is 25.2 Å². The number of non-ortho nitro benzene ring substituents is 1. The third-order valence-corrected chi connectivity index (χ3v) is 8.18. The van der Waals surface area contributed by atoms with Crippen molar-refractivity contribution in [3.05, 3.63) is 100 Å². The first-order valence-corrected chi connectivity index (χ1v) is 14.4. The third-order valence-electron chi connectivity index (χ3n) is 6.39. The second-order valence-electron chi connectivity index (χ2n) is 9.43. The minimum atomic E-state index is -4.24. The largest absolute Gasteiger partial charge is 0.354 e. The van der Waals surface area contributed by atoms with E-state index in [0.717, 1.165) is 28.3 Å².